The Labute approximate surface area is 99.6 Å². The van der Waals surface area contributed by atoms with Gasteiger partial charge < -0.3 is 10.2 Å². The predicted octanol–water partition coefficient (Wildman–Crippen LogP) is 2.17. The number of unbranched alkanes of at least 4 members (excludes halogenated alkanes) is 2. The van der Waals surface area contributed by atoms with Gasteiger partial charge in [-0.15, -0.1) is 0 Å². The molecule has 0 aromatic rings. The summed E-state index contributed by atoms with van der Waals surface area (Å²) < 4.78 is 0. The lowest BCUT2D eigenvalue weighted by atomic mass is 10.2. The standard InChI is InChI=1S/C13H26N2O/c1-3-4-7-10-15(2)13(16)11-14-12-8-5-6-9-12/h12,14H,3-11H2,1-2H3. The number of rotatable bonds is 7. The van der Waals surface area contributed by atoms with Crippen molar-refractivity contribution in [2.75, 3.05) is 20.1 Å². The molecule has 0 aliphatic heterocycles. The number of hydrogen-bond acceptors (Lipinski definition) is 2. The SMILES string of the molecule is CCCCCN(C)C(=O)CNC1CCCC1. The summed E-state index contributed by atoms with van der Waals surface area (Å²) in [4.78, 5) is 13.6. The first-order valence-electron chi connectivity index (χ1n) is 6.71. The zero-order valence-electron chi connectivity index (χ0n) is 10.8. The Morgan fingerprint density at radius 2 is 2.00 bits per heavy atom. The second kappa shape index (κ2) is 7.66. The van der Waals surface area contributed by atoms with E-state index in [0.717, 1.165) is 13.0 Å². The minimum Gasteiger partial charge on any atom is -0.345 e. The van der Waals surface area contributed by atoms with Crippen LogP contribution in [0.15, 0.2) is 0 Å². The summed E-state index contributed by atoms with van der Waals surface area (Å²) in [5.74, 6) is 0.239. The van der Waals surface area contributed by atoms with Crippen LogP contribution in [-0.4, -0.2) is 37.0 Å². The van der Waals surface area contributed by atoms with Crippen molar-refractivity contribution in [3.05, 3.63) is 0 Å². The van der Waals surface area contributed by atoms with Gasteiger partial charge in [-0.1, -0.05) is 32.6 Å². The van der Waals surface area contributed by atoms with E-state index >= 15 is 0 Å². The molecule has 0 atom stereocenters. The molecule has 0 spiro atoms. The highest BCUT2D eigenvalue weighted by atomic mass is 16.2. The minimum atomic E-state index is 0.239. The van der Waals surface area contributed by atoms with Crippen LogP contribution in [0.1, 0.15) is 51.9 Å². The fourth-order valence-corrected chi connectivity index (χ4v) is 2.22. The van der Waals surface area contributed by atoms with Gasteiger partial charge in [0.1, 0.15) is 0 Å². The molecule has 0 saturated heterocycles. The van der Waals surface area contributed by atoms with Crippen LogP contribution in [0.4, 0.5) is 0 Å². The van der Waals surface area contributed by atoms with E-state index in [4.69, 9.17) is 0 Å². The normalized spacial score (nSPS) is 16.6. The highest BCUT2D eigenvalue weighted by Gasteiger charge is 2.16. The maximum absolute atomic E-state index is 11.8. The predicted molar refractivity (Wildman–Crippen MR) is 67.4 cm³/mol. The van der Waals surface area contributed by atoms with E-state index < -0.39 is 0 Å². The van der Waals surface area contributed by atoms with E-state index in [1.165, 1.54) is 38.5 Å². The van der Waals surface area contributed by atoms with Gasteiger partial charge in [-0.2, -0.15) is 0 Å². The lowest BCUT2D eigenvalue weighted by molar-refractivity contribution is -0.129. The van der Waals surface area contributed by atoms with E-state index in [2.05, 4.69) is 12.2 Å². The summed E-state index contributed by atoms with van der Waals surface area (Å²) in [6, 6.07) is 0.591. The van der Waals surface area contributed by atoms with Crippen LogP contribution in [-0.2, 0) is 4.79 Å². The number of amides is 1. The molecule has 1 aliphatic rings. The number of carbonyl (C=O) groups is 1. The number of likely N-dealkylation sites (N-methyl/N-ethyl adjacent to an activating group) is 1. The lowest BCUT2D eigenvalue weighted by Gasteiger charge is -2.19. The molecule has 0 heterocycles. The number of carbonyl (C=O) groups excluding carboxylic acids is 1. The summed E-state index contributed by atoms with van der Waals surface area (Å²) >= 11 is 0. The van der Waals surface area contributed by atoms with Crippen LogP contribution in [0.3, 0.4) is 0 Å². The van der Waals surface area contributed by atoms with E-state index in [9.17, 15) is 4.79 Å². The van der Waals surface area contributed by atoms with Crippen molar-refractivity contribution < 1.29 is 4.79 Å². The number of nitrogens with zero attached hydrogens (tertiary/aromatic N) is 1. The van der Waals surface area contributed by atoms with Gasteiger partial charge in [-0.25, -0.2) is 0 Å². The first kappa shape index (κ1) is 13.5. The van der Waals surface area contributed by atoms with Gasteiger partial charge in [0, 0.05) is 19.6 Å². The molecule has 1 rings (SSSR count). The molecule has 1 fully saturated rings. The Bertz CT molecular complexity index is 200. The molecule has 0 aromatic heterocycles. The van der Waals surface area contributed by atoms with Crippen LogP contribution in [0.2, 0.25) is 0 Å². The summed E-state index contributed by atoms with van der Waals surface area (Å²) in [6.45, 7) is 3.61. The maximum Gasteiger partial charge on any atom is 0.236 e. The molecule has 0 unspecified atom stereocenters. The Morgan fingerprint density at radius 3 is 2.62 bits per heavy atom. The van der Waals surface area contributed by atoms with Gasteiger partial charge in [0.25, 0.3) is 0 Å². The smallest absolute Gasteiger partial charge is 0.236 e. The quantitative estimate of drug-likeness (QED) is 0.675. The molecule has 1 aliphatic carbocycles. The second-order valence-electron chi connectivity index (χ2n) is 4.88. The van der Waals surface area contributed by atoms with Crippen LogP contribution in [0.5, 0.6) is 0 Å². The molecule has 1 N–H and O–H groups in total. The summed E-state index contributed by atoms with van der Waals surface area (Å²) in [6.07, 6.45) is 8.67. The fourth-order valence-electron chi connectivity index (χ4n) is 2.22. The van der Waals surface area contributed by atoms with Gasteiger partial charge in [0.2, 0.25) is 5.91 Å². The topological polar surface area (TPSA) is 32.3 Å². The van der Waals surface area contributed by atoms with Gasteiger partial charge >= 0.3 is 0 Å². The van der Waals surface area contributed by atoms with Crippen molar-refractivity contribution in [3.63, 3.8) is 0 Å². The van der Waals surface area contributed by atoms with Crippen molar-refractivity contribution >= 4 is 5.91 Å². The van der Waals surface area contributed by atoms with E-state index in [1.807, 2.05) is 11.9 Å². The van der Waals surface area contributed by atoms with Crippen LogP contribution in [0.25, 0.3) is 0 Å². The minimum absolute atomic E-state index is 0.239. The molecule has 0 radical (unpaired) electrons. The molecular weight excluding hydrogens is 200 g/mol. The fraction of sp³-hybridized carbons (Fsp3) is 0.923. The van der Waals surface area contributed by atoms with E-state index in [-0.39, 0.29) is 5.91 Å². The molecule has 0 aromatic carbocycles. The zero-order chi connectivity index (χ0) is 11.8. The van der Waals surface area contributed by atoms with Gasteiger partial charge in [-0.3, -0.25) is 4.79 Å². The average Bonchev–Trinajstić information content (AvgIpc) is 2.79. The molecule has 0 bridgehead atoms. The third-order valence-electron chi connectivity index (χ3n) is 3.42. The highest BCUT2D eigenvalue weighted by molar-refractivity contribution is 5.77. The van der Waals surface area contributed by atoms with Crippen LogP contribution in [0, 0.1) is 0 Å². The van der Waals surface area contributed by atoms with Crippen LogP contribution >= 0.6 is 0 Å². The maximum atomic E-state index is 11.8. The summed E-state index contributed by atoms with van der Waals surface area (Å²) in [5, 5.41) is 3.36. The van der Waals surface area contributed by atoms with Crippen molar-refractivity contribution in [1.82, 2.24) is 10.2 Å². The Morgan fingerprint density at radius 1 is 1.31 bits per heavy atom. The molecule has 16 heavy (non-hydrogen) atoms. The molecule has 1 amide bonds. The average molecular weight is 226 g/mol. The largest absolute Gasteiger partial charge is 0.345 e. The van der Waals surface area contributed by atoms with Crippen molar-refractivity contribution in [2.45, 2.75) is 57.9 Å². The highest BCUT2D eigenvalue weighted by Crippen LogP contribution is 2.17. The molecule has 1 saturated carbocycles. The number of nitrogens with one attached hydrogen (secondary N) is 1. The Balaban J connectivity index is 2.08. The first-order chi connectivity index (χ1) is 7.74. The third-order valence-corrected chi connectivity index (χ3v) is 3.42. The molecular formula is C13H26N2O. The third kappa shape index (κ3) is 4.97. The lowest BCUT2D eigenvalue weighted by Crippen LogP contribution is -2.39. The summed E-state index contributed by atoms with van der Waals surface area (Å²) in [5.41, 5.74) is 0. The van der Waals surface area contributed by atoms with Crippen molar-refractivity contribution in [2.24, 2.45) is 0 Å². The van der Waals surface area contributed by atoms with Gasteiger partial charge in [0.15, 0.2) is 0 Å². The second-order valence-corrected chi connectivity index (χ2v) is 4.88. The summed E-state index contributed by atoms with van der Waals surface area (Å²) in [7, 11) is 1.91. The van der Waals surface area contributed by atoms with Crippen molar-refractivity contribution in [1.29, 1.82) is 0 Å². The number of hydrogen-bond donors (Lipinski definition) is 1. The van der Waals surface area contributed by atoms with Gasteiger partial charge in [0.05, 0.1) is 6.54 Å². The van der Waals surface area contributed by atoms with Gasteiger partial charge in [-0.05, 0) is 19.3 Å². The molecule has 3 nitrogen and oxygen atoms in total. The monoisotopic (exact) mass is 226 g/mol. The molecule has 94 valence electrons. The zero-order valence-corrected chi connectivity index (χ0v) is 10.8. The Hall–Kier alpha value is -0.570. The van der Waals surface area contributed by atoms with E-state index in [0.29, 0.717) is 12.6 Å². The molecule has 3 heteroatoms. The first-order valence-corrected chi connectivity index (χ1v) is 6.71. The van der Waals surface area contributed by atoms with Crippen LogP contribution < -0.4 is 5.32 Å². The Kier molecular flexibility index (Phi) is 6.46. The van der Waals surface area contributed by atoms with Crippen molar-refractivity contribution in [3.8, 4) is 0 Å². The van der Waals surface area contributed by atoms with E-state index in [1.54, 1.807) is 0 Å².